The number of fused-ring (bicyclic) bond motifs is 1. The van der Waals surface area contributed by atoms with Gasteiger partial charge < -0.3 is 11.1 Å². The lowest BCUT2D eigenvalue weighted by atomic mass is 10.1. The second-order valence-electron chi connectivity index (χ2n) is 3.84. The van der Waals surface area contributed by atoms with Crippen LogP contribution in [0.3, 0.4) is 0 Å². The normalized spacial score (nSPS) is 33.9. The fourth-order valence-corrected chi connectivity index (χ4v) is 3.22. The van der Waals surface area contributed by atoms with Crippen molar-refractivity contribution in [3.05, 3.63) is 0 Å². The number of carbonyl (C=O) groups is 1. The van der Waals surface area contributed by atoms with Crippen molar-refractivity contribution in [3.63, 3.8) is 0 Å². The predicted octanol–water partition coefficient (Wildman–Crippen LogP) is 0.333. The van der Waals surface area contributed by atoms with E-state index in [2.05, 4.69) is 10.3 Å². The second kappa shape index (κ2) is 4.21. The van der Waals surface area contributed by atoms with E-state index in [1.165, 1.54) is 19.3 Å². The highest BCUT2D eigenvalue weighted by Crippen LogP contribution is 2.32. The Kier molecular flexibility index (Phi) is 2.96. The van der Waals surface area contributed by atoms with Crippen LogP contribution in [0.5, 0.6) is 0 Å². The van der Waals surface area contributed by atoms with Crippen LogP contribution in [0.25, 0.3) is 0 Å². The fourth-order valence-electron chi connectivity index (χ4n) is 2.05. The lowest BCUT2D eigenvalue weighted by molar-refractivity contribution is -0.116. The van der Waals surface area contributed by atoms with E-state index in [-0.39, 0.29) is 12.5 Å². The van der Waals surface area contributed by atoms with Gasteiger partial charge in [0.25, 0.3) is 0 Å². The summed E-state index contributed by atoms with van der Waals surface area (Å²) in [5.41, 5.74) is 5.03. The molecule has 3 N–H and O–H groups in total. The number of hydrogen-bond donors (Lipinski definition) is 2. The topological polar surface area (TPSA) is 67.5 Å². The molecule has 2 fully saturated rings. The van der Waals surface area contributed by atoms with Crippen LogP contribution in [0.4, 0.5) is 0 Å². The molecule has 1 amide bonds. The number of amidine groups is 1. The number of rotatable bonds is 2. The zero-order valence-electron chi connectivity index (χ0n) is 8.03. The molecule has 0 aromatic rings. The number of nitrogens with one attached hydrogen (secondary N) is 1. The first-order valence-corrected chi connectivity index (χ1v) is 5.96. The van der Waals surface area contributed by atoms with Gasteiger partial charge in [-0.2, -0.15) is 0 Å². The molecule has 1 aliphatic carbocycles. The molecule has 1 aliphatic heterocycles. The summed E-state index contributed by atoms with van der Waals surface area (Å²) < 4.78 is 0. The summed E-state index contributed by atoms with van der Waals surface area (Å²) in [5, 5.41) is 4.27. The lowest BCUT2D eigenvalue weighted by Gasteiger charge is -2.27. The van der Waals surface area contributed by atoms with Gasteiger partial charge in [0.05, 0.1) is 0 Å². The van der Waals surface area contributed by atoms with Crippen molar-refractivity contribution in [3.8, 4) is 0 Å². The van der Waals surface area contributed by atoms with E-state index in [4.69, 9.17) is 5.73 Å². The summed E-state index contributed by atoms with van der Waals surface area (Å²) in [4.78, 5) is 14.7. The van der Waals surface area contributed by atoms with Crippen molar-refractivity contribution in [2.24, 2.45) is 16.6 Å². The molecule has 4 nitrogen and oxygen atoms in total. The average molecular weight is 213 g/mol. The van der Waals surface area contributed by atoms with Gasteiger partial charge in [0.15, 0.2) is 5.17 Å². The van der Waals surface area contributed by atoms with E-state index in [1.54, 1.807) is 11.8 Å². The van der Waals surface area contributed by atoms with E-state index < -0.39 is 0 Å². The molecule has 78 valence electrons. The van der Waals surface area contributed by atoms with Gasteiger partial charge in [-0.25, -0.2) is 0 Å². The van der Waals surface area contributed by atoms with Crippen molar-refractivity contribution in [2.75, 3.05) is 12.3 Å². The second-order valence-corrected chi connectivity index (χ2v) is 4.85. The Labute approximate surface area is 87.7 Å². The highest BCUT2D eigenvalue weighted by molar-refractivity contribution is 8.13. The van der Waals surface area contributed by atoms with Gasteiger partial charge in [0.2, 0.25) is 5.91 Å². The van der Waals surface area contributed by atoms with Crippen LogP contribution in [0.15, 0.2) is 4.99 Å². The van der Waals surface area contributed by atoms with Crippen molar-refractivity contribution in [2.45, 2.75) is 25.3 Å². The van der Waals surface area contributed by atoms with Crippen LogP contribution in [-0.2, 0) is 4.79 Å². The Morgan fingerprint density at radius 2 is 2.50 bits per heavy atom. The quantitative estimate of drug-likeness (QED) is 0.694. The van der Waals surface area contributed by atoms with E-state index in [0.29, 0.717) is 6.04 Å². The molecule has 2 aliphatic rings. The maximum absolute atomic E-state index is 10.5. The number of primary amides is 1. The predicted molar refractivity (Wildman–Crippen MR) is 58.2 cm³/mol. The molecule has 0 radical (unpaired) electrons. The fraction of sp³-hybridized carbons (Fsp3) is 0.778. The third kappa shape index (κ3) is 2.20. The van der Waals surface area contributed by atoms with Crippen molar-refractivity contribution < 1.29 is 4.79 Å². The van der Waals surface area contributed by atoms with Crippen LogP contribution in [0, 0.1) is 5.92 Å². The summed E-state index contributed by atoms with van der Waals surface area (Å²) >= 11 is 1.71. The maximum atomic E-state index is 10.5. The Balaban J connectivity index is 1.90. The minimum absolute atomic E-state index is 0.104. The lowest BCUT2D eigenvalue weighted by Crippen LogP contribution is -2.41. The number of nitrogens with two attached hydrogens (primary N) is 1. The van der Waals surface area contributed by atoms with Gasteiger partial charge >= 0.3 is 0 Å². The van der Waals surface area contributed by atoms with Gasteiger partial charge in [0.1, 0.15) is 6.54 Å². The summed E-state index contributed by atoms with van der Waals surface area (Å²) in [7, 11) is 0. The molecule has 1 heterocycles. The summed E-state index contributed by atoms with van der Waals surface area (Å²) in [6.45, 7) is 0.104. The molecular weight excluding hydrogens is 198 g/mol. The molecule has 0 aromatic heterocycles. The Morgan fingerprint density at radius 1 is 1.64 bits per heavy atom. The molecule has 2 atom stereocenters. The van der Waals surface area contributed by atoms with Crippen LogP contribution in [0.1, 0.15) is 19.3 Å². The van der Waals surface area contributed by atoms with Crippen LogP contribution in [0.2, 0.25) is 0 Å². The minimum atomic E-state index is -0.367. The largest absolute Gasteiger partial charge is 0.368 e. The molecule has 14 heavy (non-hydrogen) atoms. The highest BCUT2D eigenvalue weighted by Gasteiger charge is 2.31. The Bertz CT molecular complexity index is 267. The average Bonchev–Trinajstić information content (AvgIpc) is 2.61. The molecule has 1 saturated carbocycles. The maximum Gasteiger partial charge on any atom is 0.239 e. The summed E-state index contributed by atoms with van der Waals surface area (Å²) in [5.74, 6) is 1.57. The molecular formula is C9H15N3OS. The molecule has 2 rings (SSSR count). The molecule has 0 bridgehead atoms. The van der Waals surface area contributed by atoms with Crippen molar-refractivity contribution in [1.29, 1.82) is 0 Å². The van der Waals surface area contributed by atoms with Gasteiger partial charge in [-0.05, 0) is 18.8 Å². The number of nitrogens with zero attached hydrogens (tertiary/aromatic N) is 1. The third-order valence-electron chi connectivity index (χ3n) is 2.78. The molecule has 0 aromatic carbocycles. The summed E-state index contributed by atoms with van der Waals surface area (Å²) in [6.07, 6.45) is 3.88. The zero-order valence-corrected chi connectivity index (χ0v) is 8.85. The molecule has 1 saturated heterocycles. The first-order chi connectivity index (χ1) is 6.75. The van der Waals surface area contributed by atoms with Crippen LogP contribution >= 0.6 is 11.8 Å². The number of aliphatic imine (C=N–C) groups is 1. The molecule has 0 spiro atoms. The van der Waals surface area contributed by atoms with Crippen molar-refractivity contribution >= 4 is 22.8 Å². The highest BCUT2D eigenvalue weighted by atomic mass is 32.2. The third-order valence-corrected chi connectivity index (χ3v) is 3.90. The zero-order chi connectivity index (χ0) is 9.97. The van der Waals surface area contributed by atoms with E-state index in [9.17, 15) is 4.79 Å². The van der Waals surface area contributed by atoms with E-state index in [1.807, 2.05) is 0 Å². The number of amides is 1. The number of hydrogen-bond acceptors (Lipinski definition) is 3. The molecule has 2 unspecified atom stereocenters. The smallest absolute Gasteiger partial charge is 0.239 e. The number of thioether (sulfide) groups is 1. The Hall–Kier alpha value is -0.710. The van der Waals surface area contributed by atoms with Gasteiger partial charge in [-0.15, -0.1) is 0 Å². The van der Waals surface area contributed by atoms with Crippen LogP contribution < -0.4 is 11.1 Å². The standard InChI is InChI=1S/C9H15N3OS/c10-8(13)4-11-9-12-7-3-1-2-6(7)5-14-9/h6-7H,1-5H2,(H2,10,13)(H,11,12). The van der Waals surface area contributed by atoms with Crippen molar-refractivity contribution in [1.82, 2.24) is 5.32 Å². The minimum Gasteiger partial charge on any atom is -0.368 e. The van der Waals surface area contributed by atoms with Crippen LogP contribution in [-0.4, -0.2) is 29.4 Å². The van der Waals surface area contributed by atoms with E-state index >= 15 is 0 Å². The monoisotopic (exact) mass is 213 g/mol. The molecule has 5 heteroatoms. The van der Waals surface area contributed by atoms with Gasteiger partial charge in [-0.3, -0.25) is 9.79 Å². The van der Waals surface area contributed by atoms with Gasteiger partial charge in [-0.1, -0.05) is 18.2 Å². The van der Waals surface area contributed by atoms with E-state index in [0.717, 1.165) is 16.8 Å². The first kappa shape index (κ1) is 9.83. The Morgan fingerprint density at radius 3 is 3.29 bits per heavy atom. The number of carbonyl (C=O) groups excluding carboxylic acids is 1. The first-order valence-electron chi connectivity index (χ1n) is 4.98. The summed E-state index contributed by atoms with van der Waals surface area (Å²) in [6, 6.07) is 0.586. The van der Waals surface area contributed by atoms with Gasteiger partial charge in [0, 0.05) is 11.8 Å². The SMILES string of the molecule is NC(=O)CN=C1NC2CCCC2CS1.